The van der Waals surface area contributed by atoms with Crippen molar-refractivity contribution in [2.24, 2.45) is 0 Å². The molecule has 116 valence electrons. The summed E-state index contributed by atoms with van der Waals surface area (Å²) in [5.74, 6) is -0.459. The van der Waals surface area contributed by atoms with E-state index in [9.17, 15) is 9.59 Å². The minimum atomic E-state index is -0.459. The van der Waals surface area contributed by atoms with Crippen LogP contribution < -0.4 is 10.7 Å². The molecular formula is C17H12BrClN2O2. The molecule has 23 heavy (non-hydrogen) atoms. The number of benzene rings is 2. The van der Waals surface area contributed by atoms with E-state index in [0.29, 0.717) is 21.6 Å². The first-order valence-corrected chi connectivity index (χ1v) is 8.02. The maximum Gasteiger partial charge on any atom is 0.261 e. The van der Waals surface area contributed by atoms with Gasteiger partial charge < -0.3 is 10.3 Å². The molecule has 4 nitrogen and oxygen atoms in total. The first-order valence-electron chi connectivity index (χ1n) is 6.85. The molecule has 3 rings (SSSR count). The molecule has 1 amide bonds. The first kappa shape index (κ1) is 15.8. The number of hydrogen-bond acceptors (Lipinski definition) is 2. The Morgan fingerprint density at radius 2 is 2.04 bits per heavy atom. The molecule has 2 N–H and O–H groups in total. The number of carbonyl (C=O) groups excluding carboxylic acids is 1. The van der Waals surface area contributed by atoms with Crippen LogP contribution in [0, 0.1) is 6.92 Å². The van der Waals surface area contributed by atoms with Gasteiger partial charge in [-0.25, -0.2) is 0 Å². The number of amides is 1. The quantitative estimate of drug-likeness (QED) is 0.675. The molecule has 0 radical (unpaired) electrons. The zero-order chi connectivity index (χ0) is 16.6. The fraction of sp³-hybridized carbons (Fsp3) is 0.0588. The number of fused-ring (bicyclic) bond motifs is 1. The normalized spacial score (nSPS) is 10.7. The van der Waals surface area contributed by atoms with Crippen molar-refractivity contribution in [2.75, 3.05) is 5.32 Å². The number of aromatic nitrogens is 1. The Morgan fingerprint density at radius 1 is 1.26 bits per heavy atom. The summed E-state index contributed by atoms with van der Waals surface area (Å²) in [6.07, 6.45) is 1.42. The van der Waals surface area contributed by atoms with E-state index in [0.717, 1.165) is 10.0 Å². The van der Waals surface area contributed by atoms with Gasteiger partial charge in [-0.2, -0.15) is 0 Å². The van der Waals surface area contributed by atoms with Crippen molar-refractivity contribution in [1.82, 2.24) is 4.98 Å². The lowest BCUT2D eigenvalue weighted by Gasteiger charge is -2.08. The van der Waals surface area contributed by atoms with Crippen LogP contribution in [-0.2, 0) is 0 Å². The van der Waals surface area contributed by atoms with Crippen molar-refractivity contribution in [2.45, 2.75) is 6.92 Å². The molecule has 1 aromatic heterocycles. The van der Waals surface area contributed by atoms with Gasteiger partial charge in [-0.1, -0.05) is 33.6 Å². The third-order valence-corrected chi connectivity index (χ3v) is 4.48. The van der Waals surface area contributed by atoms with Crippen LogP contribution in [0.15, 0.2) is 51.9 Å². The number of rotatable bonds is 2. The SMILES string of the molecule is Cc1c(Cl)ccc2c(=O)c(C(=O)Nc3cccc(Br)c3)c[nH]c12. The van der Waals surface area contributed by atoms with E-state index in [-0.39, 0.29) is 11.0 Å². The standard InChI is InChI=1S/C17H12BrClN2O2/c1-9-14(19)6-5-12-15(9)20-8-13(16(12)22)17(23)21-11-4-2-3-10(18)7-11/h2-8H,1H3,(H,20,22)(H,21,23). The summed E-state index contributed by atoms with van der Waals surface area (Å²) in [7, 11) is 0. The Labute approximate surface area is 145 Å². The van der Waals surface area contributed by atoms with Crippen LogP contribution in [0.5, 0.6) is 0 Å². The van der Waals surface area contributed by atoms with Gasteiger partial charge in [0.2, 0.25) is 5.43 Å². The number of aromatic amines is 1. The predicted octanol–water partition coefficient (Wildman–Crippen LogP) is 4.50. The van der Waals surface area contributed by atoms with Crippen LogP contribution in [0.3, 0.4) is 0 Å². The summed E-state index contributed by atoms with van der Waals surface area (Å²) in [6.45, 7) is 1.82. The lowest BCUT2D eigenvalue weighted by atomic mass is 10.1. The number of aryl methyl sites for hydroxylation is 1. The molecule has 0 unspecified atom stereocenters. The maximum atomic E-state index is 12.6. The van der Waals surface area contributed by atoms with Gasteiger partial charge in [-0.3, -0.25) is 9.59 Å². The van der Waals surface area contributed by atoms with Gasteiger partial charge in [0, 0.05) is 26.8 Å². The van der Waals surface area contributed by atoms with E-state index in [1.54, 1.807) is 30.3 Å². The molecule has 0 aliphatic carbocycles. The summed E-state index contributed by atoms with van der Waals surface area (Å²) in [4.78, 5) is 27.9. The fourth-order valence-electron chi connectivity index (χ4n) is 2.35. The minimum absolute atomic E-state index is 0.0548. The van der Waals surface area contributed by atoms with E-state index in [1.165, 1.54) is 6.20 Å². The Kier molecular flexibility index (Phi) is 4.24. The Hall–Kier alpha value is -2.11. The highest BCUT2D eigenvalue weighted by Gasteiger charge is 2.15. The van der Waals surface area contributed by atoms with Crippen molar-refractivity contribution < 1.29 is 4.79 Å². The van der Waals surface area contributed by atoms with Gasteiger partial charge in [-0.05, 0) is 42.8 Å². The fourth-order valence-corrected chi connectivity index (χ4v) is 2.91. The van der Waals surface area contributed by atoms with Crippen molar-refractivity contribution >= 4 is 50.0 Å². The van der Waals surface area contributed by atoms with Crippen molar-refractivity contribution in [3.05, 3.63) is 73.4 Å². The number of carbonyl (C=O) groups is 1. The highest BCUT2D eigenvalue weighted by atomic mass is 79.9. The number of hydrogen-bond donors (Lipinski definition) is 2. The lowest BCUT2D eigenvalue weighted by molar-refractivity contribution is 0.102. The van der Waals surface area contributed by atoms with Crippen LogP contribution >= 0.6 is 27.5 Å². The largest absolute Gasteiger partial charge is 0.360 e. The van der Waals surface area contributed by atoms with Crippen molar-refractivity contribution in [3.63, 3.8) is 0 Å². The molecule has 6 heteroatoms. The molecule has 0 spiro atoms. The second-order valence-electron chi connectivity index (χ2n) is 5.09. The second-order valence-corrected chi connectivity index (χ2v) is 6.41. The molecule has 1 heterocycles. The van der Waals surface area contributed by atoms with E-state index >= 15 is 0 Å². The van der Waals surface area contributed by atoms with Gasteiger partial charge in [0.25, 0.3) is 5.91 Å². The number of H-pyrrole nitrogens is 1. The average molecular weight is 392 g/mol. The lowest BCUT2D eigenvalue weighted by Crippen LogP contribution is -2.22. The Balaban J connectivity index is 2.03. The van der Waals surface area contributed by atoms with Crippen molar-refractivity contribution in [1.29, 1.82) is 0 Å². The topological polar surface area (TPSA) is 62.0 Å². The molecule has 0 aliphatic rings. The summed E-state index contributed by atoms with van der Waals surface area (Å²) in [6, 6.07) is 10.4. The number of pyridine rings is 1. The van der Waals surface area contributed by atoms with Crippen LogP contribution in [0.2, 0.25) is 5.02 Å². The Bertz CT molecular complexity index is 982. The number of halogens is 2. The molecule has 0 fully saturated rings. The summed E-state index contributed by atoms with van der Waals surface area (Å²) < 4.78 is 0.841. The monoisotopic (exact) mass is 390 g/mol. The van der Waals surface area contributed by atoms with Gasteiger partial charge in [-0.15, -0.1) is 0 Å². The summed E-state index contributed by atoms with van der Waals surface area (Å²) >= 11 is 9.40. The van der Waals surface area contributed by atoms with E-state index in [1.807, 2.05) is 13.0 Å². The molecule has 0 atom stereocenters. The zero-order valence-corrected chi connectivity index (χ0v) is 14.5. The first-order chi connectivity index (χ1) is 11.0. The minimum Gasteiger partial charge on any atom is -0.360 e. The van der Waals surface area contributed by atoms with E-state index in [4.69, 9.17) is 11.6 Å². The van der Waals surface area contributed by atoms with Crippen LogP contribution in [-0.4, -0.2) is 10.9 Å². The Morgan fingerprint density at radius 3 is 2.78 bits per heavy atom. The molecule has 3 aromatic rings. The molecule has 0 aliphatic heterocycles. The highest BCUT2D eigenvalue weighted by molar-refractivity contribution is 9.10. The smallest absolute Gasteiger partial charge is 0.261 e. The predicted molar refractivity (Wildman–Crippen MR) is 96.4 cm³/mol. The van der Waals surface area contributed by atoms with Crippen LogP contribution in [0.4, 0.5) is 5.69 Å². The molecule has 0 bridgehead atoms. The van der Waals surface area contributed by atoms with Crippen LogP contribution in [0.25, 0.3) is 10.9 Å². The zero-order valence-electron chi connectivity index (χ0n) is 12.1. The third-order valence-electron chi connectivity index (χ3n) is 3.58. The number of nitrogens with one attached hydrogen (secondary N) is 2. The molecule has 0 saturated heterocycles. The van der Waals surface area contributed by atoms with Gasteiger partial charge in [0.1, 0.15) is 5.56 Å². The van der Waals surface area contributed by atoms with Gasteiger partial charge in [0.15, 0.2) is 0 Å². The van der Waals surface area contributed by atoms with E-state index in [2.05, 4.69) is 26.2 Å². The summed E-state index contributed by atoms with van der Waals surface area (Å²) in [5, 5.41) is 3.72. The third kappa shape index (κ3) is 3.02. The van der Waals surface area contributed by atoms with Gasteiger partial charge in [0.05, 0.1) is 5.52 Å². The highest BCUT2D eigenvalue weighted by Crippen LogP contribution is 2.22. The molecule has 2 aromatic carbocycles. The second kappa shape index (κ2) is 6.18. The summed E-state index contributed by atoms with van der Waals surface area (Å²) in [5.41, 5.74) is 1.75. The van der Waals surface area contributed by atoms with Gasteiger partial charge >= 0.3 is 0 Å². The maximum absolute atomic E-state index is 12.6. The number of anilines is 1. The average Bonchev–Trinajstić information content (AvgIpc) is 2.51. The van der Waals surface area contributed by atoms with Crippen LogP contribution in [0.1, 0.15) is 15.9 Å². The molecule has 0 saturated carbocycles. The van der Waals surface area contributed by atoms with E-state index < -0.39 is 5.91 Å². The molecular weight excluding hydrogens is 380 g/mol. The van der Waals surface area contributed by atoms with Crippen molar-refractivity contribution in [3.8, 4) is 0 Å².